The molecule has 0 radical (unpaired) electrons. The maximum absolute atomic E-state index is 13.9. The Kier molecular flexibility index (Phi) is 6.36. The lowest BCUT2D eigenvalue weighted by molar-refractivity contribution is -0.134. The molecule has 1 atom stereocenters. The fraction of sp³-hybridized carbons (Fsp3) is 0.435. The van der Waals surface area contributed by atoms with E-state index in [1.165, 1.54) is 17.4 Å². The van der Waals surface area contributed by atoms with E-state index in [0.717, 1.165) is 36.1 Å². The first-order valence-electron chi connectivity index (χ1n) is 10.7. The highest BCUT2D eigenvalue weighted by Crippen LogP contribution is 2.38. The number of rotatable bonds is 5. The van der Waals surface area contributed by atoms with Crippen LogP contribution in [0.1, 0.15) is 52.0 Å². The van der Waals surface area contributed by atoms with E-state index in [1.54, 1.807) is 23.1 Å². The Labute approximate surface area is 184 Å². The van der Waals surface area contributed by atoms with Crippen LogP contribution in [0.15, 0.2) is 24.3 Å². The van der Waals surface area contributed by atoms with Crippen LogP contribution >= 0.6 is 11.3 Å². The lowest BCUT2D eigenvalue weighted by Crippen LogP contribution is -2.44. The highest BCUT2D eigenvalue weighted by Gasteiger charge is 2.31. The number of aryl methyl sites for hydroxylation is 1. The van der Waals surface area contributed by atoms with Gasteiger partial charge in [0, 0.05) is 18.0 Å². The molecule has 0 spiro atoms. The minimum Gasteiger partial charge on any atom is -0.365 e. The van der Waals surface area contributed by atoms with Crippen molar-refractivity contribution in [1.29, 1.82) is 0 Å². The van der Waals surface area contributed by atoms with E-state index in [-0.39, 0.29) is 30.7 Å². The second kappa shape index (κ2) is 9.18. The summed E-state index contributed by atoms with van der Waals surface area (Å²) >= 11 is 1.44. The van der Waals surface area contributed by atoms with Gasteiger partial charge in [0.2, 0.25) is 11.8 Å². The largest absolute Gasteiger partial charge is 0.365 e. The van der Waals surface area contributed by atoms with Crippen LogP contribution in [-0.4, -0.2) is 35.7 Å². The van der Waals surface area contributed by atoms with Crippen LogP contribution in [0.3, 0.4) is 0 Å². The molecule has 1 saturated heterocycles. The topological polar surface area (TPSA) is 92.5 Å². The molecule has 1 aromatic heterocycles. The molecule has 1 fully saturated rings. The van der Waals surface area contributed by atoms with E-state index in [1.807, 2.05) is 0 Å². The van der Waals surface area contributed by atoms with Crippen molar-refractivity contribution in [3.8, 4) is 0 Å². The van der Waals surface area contributed by atoms with Crippen molar-refractivity contribution >= 4 is 34.1 Å². The number of fused-ring (bicyclic) bond motifs is 1. The highest BCUT2D eigenvalue weighted by atomic mass is 32.1. The van der Waals surface area contributed by atoms with E-state index in [2.05, 4.69) is 5.32 Å². The van der Waals surface area contributed by atoms with Crippen molar-refractivity contribution in [2.75, 3.05) is 18.4 Å². The van der Waals surface area contributed by atoms with Crippen molar-refractivity contribution in [3.63, 3.8) is 0 Å². The molecule has 8 heteroatoms. The second-order valence-electron chi connectivity index (χ2n) is 8.22. The Morgan fingerprint density at radius 2 is 1.94 bits per heavy atom. The minimum atomic E-state index is -0.514. The van der Waals surface area contributed by atoms with Gasteiger partial charge < -0.3 is 16.0 Å². The summed E-state index contributed by atoms with van der Waals surface area (Å²) in [7, 11) is 0. The summed E-state index contributed by atoms with van der Waals surface area (Å²) in [6.45, 7) is 0.840. The summed E-state index contributed by atoms with van der Waals surface area (Å²) in [4.78, 5) is 40.5. The summed E-state index contributed by atoms with van der Waals surface area (Å²) in [5.41, 5.74) is 7.39. The van der Waals surface area contributed by atoms with Gasteiger partial charge in [-0.25, -0.2) is 4.39 Å². The summed E-state index contributed by atoms with van der Waals surface area (Å²) in [6.07, 6.45) is 5.13. The number of carbonyl (C=O) groups is 3. The van der Waals surface area contributed by atoms with Crippen LogP contribution in [-0.2, 0) is 28.9 Å². The van der Waals surface area contributed by atoms with Crippen molar-refractivity contribution in [1.82, 2.24) is 4.90 Å². The van der Waals surface area contributed by atoms with Gasteiger partial charge in [0.15, 0.2) is 0 Å². The third kappa shape index (κ3) is 4.63. The average molecular weight is 444 g/mol. The molecular weight excluding hydrogens is 417 g/mol. The molecule has 164 valence electrons. The monoisotopic (exact) mass is 443 g/mol. The second-order valence-corrected chi connectivity index (χ2v) is 9.32. The Morgan fingerprint density at radius 3 is 2.71 bits per heavy atom. The number of primary amides is 1. The van der Waals surface area contributed by atoms with Gasteiger partial charge >= 0.3 is 0 Å². The highest BCUT2D eigenvalue weighted by molar-refractivity contribution is 7.17. The summed E-state index contributed by atoms with van der Waals surface area (Å²) in [6, 6.07) is 6.24. The summed E-state index contributed by atoms with van der Waals surface area (Å²) in [5, 5.41) is 3.44. The molecule has 4 rings (SSSR count). The van der Waals surface area contributed by atoms with Crippen LogP contribution in [0, 0.1) is 11.7 Å². The molecule has 1 aliphatic heterocycles. The molecule has 6 nitrogen and oxygen atoms in total. The minimum absolute atomic E-state index is 0.0233. The van der Waals surface area contributed by atoms with Gasteiger partial charge in [-0.1, -0.05) is 18.2 Å². The van der Waals surface area contributed by atoms with E-state index in [4.69, 9.17) is 5.73 Å². The molecule has 1 unspecified atom stereocenters. The number of piperidine rings is 1. The number of likely N-dealkylation sites (tertiary alicyclic amines) is 1. The lowest BCUT2D eigenvalue weighted by atomic mass is 9.94. The Bertz CT molecular complexity index is 1020. The van der Waals surface area contributed by atoms with Crippen LogP contribution < -0.4 is 11.1 Å². The maximum Gasteiger partial charge on any atom is 0.251 e. The van der Waals surface area contributed by atoms with Gasteiger partial charge in [0.05, 0.1) is 17.9 Å². The number of hydrogen-bond acceptors (Lipinski definition) is 4. The van der Waals surface area contributed by atoms with E-state index >= 15 is 0 Å². The van der Waals surface area contributed by atoms with Crippen LogP contribution in [0.5, 0.6) is 0 Å². The SMILES string of the molecule is NC(=O)c1c(NC(=O)C2CCCN(C(=O)Cc3ccccc3F)C2)sc2c1CCCC2. The third-order valence-corrected chi connectivity index (χ3v) is 7.31. The molecule has 2 aliphatic rings. The van der Waals surface area contributed by atoms with Gasteiger partial charge in [-0.3, -0.25) is 14.4 Å². The first kappa shape index (κ1) is 21.5. The molecule has 2 aromatic rings. The molecule has 2 heterocycles. The zero-order valence-electron chi connectivity index (χ0n) is 17.3. The van der Waals surface area contributed by atoms with Gasteiger partial charge in [-0.15, -0.1) is 11.3 Å². The maximum atomic E-state index is 13.9. The molecule has 3 amide bonds. The zero-order chi connectivity index (χ0) is 22.0. The summed E-state index contributed by atoms with van der Waals surface area (Å²) < 4.78 is 13.9. The molecule has 31 heavy (non-hydrogen) atoms. The number of nitrogens with zero attached hydrogens (tertiary/aromatic N) is 1. The van der Waals surface area contributed by atoms with Crippen molar-refractivity contribution in [2.45, 2.75) is 44.9 Å². The number of anilines is 1. The van der Waals surface area contributed by atoms with Crippen LogP contribution in [0.25, 0.3) is 0 Å². The first-order chi connectivity index (χ1) is 14.9. The van der Waals surface area contributed by atoms with Gasteiger partial charge in [-0.05, 0) is 55.7 Å². The van der Waals surface area contributed by atoms with Crippen LogP contribution in [0.2, 0.25) is 0 Å². The molecule has 0 bridgehead atoms. The standard InChI is InChI=1S/C23H26FN3O3S/c24-17-9-3-1-6-14(17)12-19(28)27-11-5-7-15(13-27)22(30)26-23-20(21(25)29)16-8-2-4-10-18(16)31-23/h1,3,6,9,15H,2,4-5,7-8,10-13H2,(H2,25,29)(H,26,30). The number of halogens is 1. The fourth-order valence-corrected chi connectivity index (χ4v) is 5.76. The normalized spacial score (nSPS) is 18.4. The van der Waals surface area contributed by atoms with Gasteiger partial charge in [0.25, 0.3) is 5.91 Å². The van der Waals surface area contributed by atoms with Crippen molar-refractivity contribution in [3.05, 3.63) is 51.7 Å². The number of hydrogen-bond donors (Lipinski definition) is 2. The van der Waals surface area contributed by atoms with Crippen LogP contribution in [0.4, 0.5) is 9.39 Å². The number of nitrogens with two attached hydrogens (primary N) is 1. The number of nitrogens with one attached hydrogen (secondary N) is 1. The number of amides is 3. The van der Waals surface area contributed by atoms with Gasteiger partial charge in [-0.2, -0.15) is 0 Å². The molecule has 1 aromatic carbocycles. The predicted octanol–water partition coefficient (Wildman–Crippen LogP) is 3.28. The van der Waals surface area contributed by atoms with E-state index in [0.29, 0.717) is 35.5 Å². The number of carbonyl (C=O) groups excluding carboxylic acids is 3. The van der Waals surface area contributed by atoms with Gasteiger partial charge in [0.1, 0.15) is 10.8 Å². The number of benzene rings is 1. The van der Waals surface area contributed by atoms with Crippen molar-refractivity contribution in [2.24, 2.45) is 11.7 Å². The lowest BCUT2D eigenvalue weighted by Gasteiger charge is -2.32. The van der Waals surface area contributed by atoms with E-state index in [9.17, 15) is 18.8 Å². The fourth-order valence-electron chi connectivity index (χ4n) is 4.46. The Morgan fingerprint density at radius 1 is 1.16 bits per heavy atom. The van der Waals surface area contributed by atoms with E-state index < -0.39 is 11.7 Å². The predicted molar refractivity (Wildman–Crippen MR) is 118 cm³/mol. The smallest absolute Gasteiger partial charge is 0.251 e. The average Bonchev–Trinajstić information content (AvgIpc) is 3.13. The third-order valence-electron chi connectivity index (χ3n) is 6.10. The molecular formula is C23H26FN3O3S. The zero-order valence-corrected chi connectivity index (χ0v) is 18.1. The molecule has 0 saturated carbocycles. The Hall–Kier alpha value is -2.74. The molecule has 3 N–H and O–H groups in total. The summed E-state index contributed by atoms with van der Waals surface area (Å²) in [5.74, 6) is -1.68. The van der Waals surface area contributed by atoms with Crippen molar-refractivity contribution < 1.29 is 18.8 Å². The molecule has 1 aliphatic carbocycles. The Balaban J connectivity index is 1.44. The quantitative estimate of drug-likeness (QED) is 0.743. The number of thiophene rings is 1. The first-order valence-corrected chi connectivity index (χ1v) is 11.5.